The number of aliphatic hydroxyl groups excluding tert-OH is 2. The SMILES string of the molecule is Cc1ccc([C@H](O)C(F)(F)CO)cc1. The van der Waals surface area contributed by atoms with Crippen LogP contribution in [0.15, 0.2) is 24.3 Å². The zero-order valence-electron chi connectivity index (χ0n) is 7.74. The Morgan fingerprint density at radius 3 is 2.21 bits per heavy atom. The Labute approximate surface area is 80.8 Å². The van der Waals surface area contributed by atoms with Crippen molar-refractivity contribution in [3.05, 3.63) is 35.4 Å². The Bertz CT molecular complexity index is 295. The third-order valence-electron chi connectivity index (χ3n) is 2.00. The molecule has 0 amide bonds. The van der Waals surface area contributed by atoms with Gasteiger partial charge in [0.15, 0.2) is 0 Å². The molecule has 1 atom stereocenters. The summed E-state index contributed by atoms with van der Waals surface area (Å²) in [7, 11) is 0. The molecular weight excluding hydrogens is 190 g/mol. The van der Waals surface area contributed by atoms with Gasteiger partial charge in [0.25, 0.3) is 5.92 Å². The number of hydrogen-bond acceptors (Lipinski definition) is 2. The fourth-order valence-corrected chi connectivity index (χ4v) is 1.08. The van der Waals surface area contributed by atoms with E-state index in [1.807, 2.05) is 6.92 Å². The molecule has 0 bridgehead atoms. The van der Waals surface area contributed by atoms with E-state index in [1.54, 1.807) is 12.1 Å². The van der Waals surface area contributed by atoms with Gasteiger partial charge in [0.2, 0.25) is 0 Å². The van der Waals surface area contributed by atoms with Gasteiger partial charge in [-0.2, -0.15) is 0 Å². The molecule has 0 aliphatic carbocycles. The Hall–Kier alpha value is -1.00. The zero-order chi connectivity index (χ0) is 10.8. The number of hydrogen-bond donors (Lipinski definition) is 2. The maximum Gasteiger partial charge on any atom is 0.300 e. The van der Waals surface area contributed by atoms with Gasteiger partial charge in [0.1, 0.15) is 12.7 Å². The minimum atomic E-state index is -3.49. The van der Waals surface area contributed by atoms with Crippen molar-refractivity contribution in [3.8, 4) is 0 Å². The van der Waals surface area contributed by atoms with Crippen LogP contribution >= 0.6 is 0 Å². The summed E-state index contributed by atoms with van der Waals surface area (Å²) >= 11 is 0. The number of benzene rings is 1. The molecule has 1 aromatic rings. The Balaban J connectivity index is 2.89. The van der Waals surface area contributed by atoms with E-state index >= 15 is 0 Å². The minimum Gasteiger partial charge on any atom is -0.390 e. The Kier molecular flexibility index (Phi) is 3.18. The predicted octanol–water partition coefficient (Wildman–Crippen LogP) is 1.66. The van der Waals surface area contributed by atoms with Crippen LogP contribution < -0.4 is 0 Å². The molecule has 0 fully saturated rings. The quantitative estimate of drug-likeness (QED) is 0.782. The fraction of sp³-hybridized carbons (Fsp3) is 0.400. The summed E-state index contributed by atoms with van der Waals surface area (Å²) in [6, 6.07) is 6.10. The second-order valence-electron chi connectivity index (χ2n) is 3.23. The van der Waals surface area contributed by atoms with Crippen LogP contribution in [-0.4, -0.2) is 22.7 Å². The summed E-state index contributed by atoms with van der Waals surface area (Å²) in [4.78, 5) is 0. The standard InChI is InChI=1S/C10H12F2O2/c1-7-2-4-8(5-3-7)9(14)10(11,12)6-13/h2-5,9,13-14H,6H2,1H3/t9-/m0/s1. The second kappa shape index (κ2) is 4.02. The van der Waals surface area contributed by atoms with Crippen LogP contribution in [0.2, 0.25) is 0 Å². The lowest BCUT2D eigenvalue weighted by Gasteiger charge is -2.20. The van der Waals surface area contributed by atoms with E-state index in [0.717, 1.165) is 5.56 Å². The van der Waals surface area contributed by atoms with Crippen LogP contribution in [0.25, 0.3) is 0 Å². The van der Waals surface area contributed by atoms with Crippen LogP contribution in [-0.2, 0) is 0 Å². The topological polar surface area (TPSA) is 40.5 Å². The van der Waals surface area contributed by atoms with Gasteiger partial charge in [-0.05, 0) is 12.5 Å². The summed E-state index contributed by atoms with van der Waals surface area (Å²) in [5, 5.41) is 17.6. The summed E-state index contributed by atoms with van der Waals surface area (Å²) in [5.74, 6) is -3.49. The van der Waals surface area contributed by atoms with Crippen molar-refractivity contribution in [2.45, 2.75) is 19.0 Å². The lowest BCUT2D eigenvalue weighted by molar-refractivity contribution is -0.138. The number of alkyl halides is 2. The first-order chi connectivity index (χ1) is 6.47. The summed E-state index contributed by atoms with van der Waals surface area (Å²) < 4.78 is 25.7. The van der Waals surface area contributed by atoms with Gasteiger partial charge in [-0.1, -0.05) is 29.8 Å². The molecule has 1 aromatic carbocycles. The summed E-state index contributed by atoms with van der Waals surface area (Å²) in [6.07, 6.45) is -1.95. The molecule has 0 saturated carbocycles. The van der Waals surface area contributed by atoms with Crippen molar-refractivity contribution in [1.29, 1.82) is 0 Å². The molecule has 78 valence electrons. The highest BCUT2D eigenvalue weighted by Gasteiger charge is 2.38. The smallest absolute Gasteiger partial charge is 0.300 e. The Morgan fingerprint density at radius 1 is 1.29 bits per heavy atom. The number of rotatable bonds is 3. The molecule has 2 nitrogen and oxygen atoms in total. The molecule has 0 radical (unpaired) electrons. The number of aryl methyl sites for hydroxylation is 1. The van der Waals surface area contributed by atoms with Crippen LogP contribution in [0, 0.1) is 6.92 Å². The molecule has 0 aliphatic heterocycles. The first-order valence-corrected chi connectivity index (χ1v) is 4.20. The largest absolute Gasteiger partial charge is 0.390 e. The lowest BCUT2D eigenvalue weighted by atomic mass is 10.0. The molecular formula is C10H12F2O2. The molecule has 1 rings (SSSR count). The van der Waals surface area contributed by atoms with Crippen LogP contribution in [0.1, 0.15) is 17.2 Å². The minimum absolute atomic E-state index is 0.106. The van der Waals surface area contributed by atoms with Gasteiger partial charge >= 0.3 is 0 Å². The third-order valence-corrected chi connectivity index (χ3v) is 2.00. The molecule has 0 aliphatic rings. The third kappa shape index (κ3) is 2.27. The van der Waals surface area contributed by atoms with Gasteiger partial charge in [0.05, 0.1) is 0 Å². The highest BCUT2D eigenvalue weighted by molar-refractivity contribution is 5.24. The van der Waals surface area contributed by atoms with Gasteiger partial charge in [-0.3, -0.25) is 0 Å². The van der Waals surface area contributed by atoms with Crippen molar-refractivity contribution in [1.82, 2.24) is 0 Å². The lowest BCUT2D eigenvalue weighted by Crippen LogP contribution is -2.30. The van der Waals surface area contributed by atoms with Gasteiger partial charge in [-0.25, -0.2) is 8.78 Å². The molecule has 0 heterocycles. The van der Waals surface area contributed by atoms with E-state index in [2.05, 4.69) is 0 Å². The monoisotopic (exact) mass is 202 g/mol. The van der Waals surface area contributed by atoms with E-state index < -0.39 is 18.6 Å². The molecule has 0 aromatic heterocycles. The number of aliphatic hydroxyl groups is 2. The van der Waals surface area contributed by atoms with E-state index in [9.17, 15) is 13.9 Å². The van der Waals surface area contributed by atoms with Crippen molar-refractivity contribution in [3.63, 3.8) is 0 Å². The molecule has 4 heteroatoms. The van der Waals surface area contributed by atoms with E-state index in [0.29, 0.717) is 0 Å². The zero-order valence-corrected chi connectivity index (χ0v) is 7.74. The average Bonchev–Trinajstić information content (AvgIpc) is 2.18. The highest BCUT2D eigenvalue weighted by Crippen LogP contribution is 2.30. The normalized spacial score (nSPS) is 14.1. The van der Waals surface area contributed by atoms with E-state index in [-0.39, 0.29) is 5.56 Å². The van der Waals surface area contributed by atoms with Crippen molar-refractivity contribution in [2.75, 3.05) is 6.61 Å². The average molecular weight is 202 g/mol. The van der Waals surface area contributed by atoms with Gasteiger partial charge in [0, 0.05) is 0 Å². The molecule has 0 unspecified atom stereocenters. The summed E-state index contributed by atoms with van der Waals surface area (Å²) in [5.41, 5.74) is 1.03. The first-order valence-electron chi connectivity index (χ1n) is 4.20. The highest BCUT2D eigenvalue weighted by atomic mass is 19.3. The van der Waals surface area contributed by atoms with Crippen molar-refractivity contribution >= 4 is 0 Å². The summed E-state index contributed by atoms with van der Waals surface area (Å²) in [6.45, 7) is 0.461. The number of halogens is 2. The van der Waals surface area contributed by atoms with Crippen molar-refractivity contribution < 1.29 is 19.0 Å². The maximum atomic E-state index is 12.8. The molecule has 0 spiro atoms. The second-order valence-corrected chi connectivity index (χ2v) is 3.23. The van der Waals surface area contributed by atoms with E-state index in [4.69, 9.17) is 5.11 Å². The fourth-order valence-electron chi connectivity index (χ4n) is 1.08. The van der Waals surface area contributed by atoms with E-state index in [1.165, 1.54) is 12.1 Å². The predicted molar refractivity (Wildman–Crippen MR) is 48.2 cm³/mol. The Morgan fingerprint density at radius 2 is 1.79 bits per heavy atom. The molecule has 2 N–H and O–H groups in total. The van der Waals surface area contributed by atoms with Crippen LogP contribution in [0.4, 0.5) is 8.78 Å². The first kappa shape index (κ1) is 11.1. The van der Waals surface area contributed by atoms with Crippen LogP contribution in [0.3, 0.4) is 0 Å². The maximum absolute atomic E-state index is 12.8. The molecule has 14 heavy (non-hydrogen) atoms. The van der Waals surface area contributed by atoms with Gasteiger partial charge in [-0.15, -0.1) is 0 Å². The van der Waals surface area contributed by atoms with Crippen molar-refractivity contribution in [2.24, 2.45) is 0 Å². The van der Waals surface area contributed by atoms with Crippen LogP contribution in [0.5, 0.6) is 0 Å². The molecule has 0 saturated heterocycles. The van der Waals surface area contributed by atoms with Gasteiger partial charge < -0.3 is 10.2 Å².